The van der Waals surface area contributed by atoms with Crippen LogP contribution in [-0.2, 0) is 0 Å². The molecule has 2 aromatic rings. The highest BCUT2D eigenvalue weighted by Gasteiger charge is 2.18. The molecule has 23 heavy (non-hydrogen) atoms. The van der Waals surface area contributed by atoms with Crippen LogP contribution in [0.4, 0.5) is 5.69 Å². The first-order chi connectivity index (χ1) is 11.1. The number of carbonyl (C=O) groups is 1. The van der Waals surface area contributed by atoms with Crippen LogP contribution in [-0.4, -0.2) is 11.9 Å². The van der Waals surface area contributed by atoms with E-state index in [4.69, 9.17) is 5.73 Å². The van der Waals surface area contributed by atoms with Crippen molar-refractivity contribution in [3.63, 3.8) is 0 Å². The summed E-state index contributed by atoms with van der Waals surface area (Å²) in [7, 11) is 0. The van der Waals surface area contributed by atoms with Crippen molar-refractivity contribution in [2.75, 3.05) is 5.73 Å². The van der Waals surface area contributed by atoms with Crippen LogP contribution in [0.1, 0.15) is 35.2 Å². The third-order valence-corrected chi connectivity index (χ3v) is 4.57. The van der Waals surface area contributed by atoms with Crippen LogP contribution in [0.3, 0.4) is 0 Å². The fourth-order valence-electron chi connectivity index (χ4n) is 2.91. The SMILES string of the molecule is Nc1ccc(Br)cc1C1=CC(NC(=O)c2ccccc2)CCC1. The zero-order valence-electron chi connectivity index (χ0n) is 12.8. The van der Waals surface area contributed by atoms with E-state index in [0.29, 0.717) is 5.56 Å². The van der Waals surface area contributed by atoms with Crippen molar-refractivity contribution in [3.8, 4) is 0 Å². The monoisotopic (exact) mass is 370 g/mol. The number of rotatable bonds is 3. The molecule has 0 saturated heterocycles. The number of anilines is 1. The van der Waals surface area contributed by atoms with E-state index < -0.39 is 0 Å². The number of nitrogens with two attached hydrogens (primary N) is 1. The third-order valence-electron chi connectivity index (χ3n) is 4.08. The molecule has 1 aliphatic carbocycles. The molecule has 118 valence electrons. The zero-order valence-corrected chi connectivity index (χ0v) is 14.3. The molecule has 1 aliphatic rings. The van der Waals surface area contributed by atoms with Crippen molar-refractivity contribution in [2.24, 2.45) is 0 Å². The smallest absolute Gasteiger partial charge is 0.251 e. The fourth-order valence-corrected chi connectivity index (χ4v) is 3.27. The van der Waals surface area contributed by atoms with Crippen LogP contribution in [0, 0.1) is 0 Å². The number of hydrogen-bond acceptors (Lipinski definition) is 2. The van der Waals surface area contributed by atoms with Crippen LogP contribution in [0.5, 0.6) is 0 Å². The van der Waals surface area contributed by atoms with E-state index in [1.165, 1.54) is 5.57 Å². The lowest BCUT2D eigenvalue weighted by Crippen LogP contribution is -2.34. The van der Waals surface area contributed by atoms with Crippen molar-refractivity contribution in [2.45, 2.75) is 25.3 Å². The van der Waals surface area contributed by atoms with Crippen LogP contribution in [0.2, 0.25) is 0 Å². The Kier molecular flexibility index (Phi) is 4.82. The molecule has 3 N–H and O–H groups in total. The molecule has 3 rings (SSSR count). The number of allylic oxidation sites excluding steroid dienone is 1. The lowest BCUT2D eigenvalue weighted by Gasteiger charge is -2.23. The lowest BCUT2D eigenvalue weighted by atomic mass is 9.90. The summed E-state index contributed by atoms with van der Waals surface area (Å²) in [6.45, 7) is 0. The molecule has 2 aromatic carbocycles. The first kappa shape index (κ1) is 15.8. The summed E-state index contributed by atoms with van der Waals surface area (Å²) in [5.41, 5.74) is 9.83. The van der Waals surface area contributed by atoms with Gasteiger partial charge in [-0.3, -0.25) is 4.79 Å². The Balaban J connectivity index is 1.79. The standard InChI is InChI=1S/C19H19BrN2O/c20-15-9-10-18(21)17(12-15)14-7-4-8-16(11-14)22-19(23)13-5-2-1-3-6-13/h1-3,5-6,9-12,16H,4,7-8,21H2,(H,22,23). The van der Waals surface area contributed by atoms with Crippen molar-refractivity contribution >= 4 is 33.1 Å². The molecule has 0 aromatic heterocycles. The summed E-state index contributed by atoms with van der Waals surface area (Å²) in [5.74, 6) is -0.0321. The average molecular weight is 371 g/mol. The molecule has 0 spiro atoms. The number of halogens is 1. The van der Waals surface area contributed by atoms with E-state index in [1.54, 1.807) is 0 Å². The minimum Gasteiger partial charge on any atom is -0.398 e. The molecule has 0 saturated carbocycles. The van der Waals surface area contributed by atoms with Gasteiger partial charge in [-0.05, 0) is 55.2 Å². The van der Waals surface area contributed by atoms with Crippen molar-refractivity contribution < 1.29 is 4.79 Å². The number of amides is 1. The Morgan fingerprint density at radius 1 is 1.17 bits per heavy atom. The quantitative estimate of drug-likeness (QED) is 0.786. The molecule has 1 atom stereocenters. The van der Waals surface area contributed by atoms with E-state index in [2.05, 4.69) is 27.3 Å². The predicted molar refractivity (Wildman–Crippen MR) is 98.1 cm³/mol. The van der Waals surface area contributed by atoms with Crippen molar-refractivity contribution in [1.29, 1.82) is 0 Å². The predicted octanol–water partition coefficient (Wildman–Crippen LogP) is 4.40. The Morgan fingerprint density at radius 3 is 2.74 bits per heavy atom. The summed E-state index contributed by atoms with van der Waals surface area (Å²) in [6.07, 6.45) is 5.12. The maximum atomic E-state index is 12.3. The van der Waals surface area contributed by atoms with Crippen LogP contribution < -0.4 is 11.1 Å². The summed E-state index contributed by atoms with van der Waals surface area (Å²) in [4.78, 5) is 12.3. The van der Waals surface area contributed by atoms with Gasteiger partial charge < -0.3 is 11.1 Å². The second-order valence-electron chi connectivity index (χ2n) is 5.76. The van der Waals surface area contributed by atoms with E-state index >= 15 is 0 Å². The Morgan fingerprint density at radius 2 is 1.96 bits per heavy atom. The second kappa shape index (κ2) is 7.01. The second-order valence-corrected chi connectivity index (χ2v) is 6.68. The molecule has 0 bridgehead atoms. The van der Waals surface area contributed by atoms with Crippen LogP contribution in [0.15, 0.2) is 59.1 Å². The first-order valence-electron chi connectivity index (χ1n) is 7.75. The van der Waals surface area contributed by atoms with Crippen LogP contribution >= 0.6 is 15.9 Å². The average Bonchev–Trinajstić information content (AvgIpc) is 2.58. The summed E-state index contributed by atoms with van der Waals surface area (Å²) >= 11 is 3.50. The number of nitrogen functional groups attached to an aromatic ring is 1. The highest BCUT2D eigenvalue weighted by Crippen LogP contribution is 2.32. The fraction of sp³-hybridized carbons (Fsp3) is 0.211. The zero-order chi connectivity index (χ0) is 16.2. The lowest BCUT2D eigenvalue weighted by molar-refractivity contribution is 0.0942. The molecule has 3 nitrogen and oxygen atoms in total. The normalized spacial score (nSPS) is 17.4. The molecule has 0 aliphatic heterocycles. The maximum absolute atomic E-state index is 12.3. The van der Waals surface area contributed by atoms with Crippen molar-refractivity contribution in [3.05, 3.63) is 70.2 Å². The molecule has 0 radical (unpaired) electrons. The van der Waals surface area contributed by atoms with Gasteiger partial charge in [-0.25, -0.2) is 0 Å². The molecule has 0 fully saturated rings. The number of nitrogens with one attached hydrogen (secondary N) is 1. The molecule has 1 amide bonds. The molecular formula is C19H19BrN2O. The number of carbonyl (C=O) groups excluding carboxylic acids is 1. The van der Waals surface area contributed by atoms with Gasteiger partial charge in [0.15, 0.2) is 0 Å². The van der Waals surface area contributed by atoms with Gasteiger partial charge in [-0.1, -0.05) is 40.2 Å². The number of hydrogen-bond donors (Lipinski definition) is 2. The minimum absolute atomic E-state index is 0.0321. The molecular weight excluding hydrogens is 352 g/mol. The first-order valence-corrected chi connectivity index (χ1v) is 8.55. The number of benzene rings is 2. The molecule has 1 unspecified atom stereocenters. The van der Waals surface area contributed by atoms with Gasteiger partial charge in [0.25, 0.3) is 5.91 Å². The van der Waals surface area contributed by atoms with Gasteiger partial charge in [0, 0.05) is 27.3 Å². The Hall–Kier alpha value is -2.07. The van der Waals surface area contributed by atoms with Gasteiger partial charge in [0.1, 0.15) is 0 Å². The van der Waals surface area contributed by atoms with E-state index in [-0.39, 0.29) is 11.9 Å². The van der Waals surface area contributed by atoms with Gasteiger partial charge in [0.05, 0.1) is 0 Å². The van der Waals surface area contributed by atoms with E-state index in [0.717, 1.165) is 35.0 Å². The van der Waals surface area contributed by atoms with Crippen molar-refractivity contribution in [1.82, 2.24) is 5.32 Å². The van der Waals surface area contributed by atoms with Crippen LogP contribution in [0.25, 0.3) is 5.57 Å². The summed E-state index contributed by atoms with van der Waals surface area (Å²) in [5, 5.41) is 3.10. The molecule has 0 heterocycles. The third kappa shape index (κ3) is 3.82. The molecule has 4 heteroatoms. The van der Waals surface area contributed by atoms with E-state index in [9.17, 15) is 4.79 Å². The van der Waals surface area contributed by atoms with E-state index in [1.807, 2.05) is 48.5 Å². The maximum Gasteiger partial charge on any atom is 0.251 e. The topological polar surface area (TPSA) is 55.1 Å². The summed E-state index contributed by atoms with van der Waals surface area (Å²) < 4.78 is 1.01. The highest BCUT2D eigenvalue weighted by molar-refractivity contribution is 9.10. The van der Waals surface area contributed by atoms with Gasteiger partial charge >= 0.3 is 0 Å². The largest absolute Gasteiger partial charge is 0.398 e. The minimum atomic E-state index is -0.0321. The Labute approximate surface area is 144 Å². The summed E-state index contributed by atoms with van der Waals surface area (Å²) in [6, 6.07) is 15.3. The van der Waals surface area contributed by atoms with Gasteiger partial charge in [-0.15, -0.1) is 0 Å². The highest BCUT2D eigenvalue weighted by atomic mass is 79.9. The van der Waals surface area contributed by atoms with Gasteiger partial charge in [-0.2, -0.15) is 0 Å². The van der Waals surface area contributed by atoms with Gasteiger partial charge in [0.2, 0.25) is 0 Å². The Bertz CT molecular complexity index is 740.